The first-order chi connectivity index (χ1) is 30.8. The maximum atomic E-state index is 2.61. The van der Waals surface area contributed by atoms with Crippen molar-refractivity contribution >= 4 is 48.6 Å². The molecule has 0 amide bonds. The summed E-state index contributed by atoms with van der Waals surface area (Å²) in [6.45, 7) is 9.59. The molecular formula is C61H43NS. The fourth-order valence-electron chi connectivity index (χ4n) is 12.7. The Labute approximate surface area is 372 Å². The molecule has 1 atom stereocenters. The van der Waals surface area contributed by atoms with Gasteiger partial charge in [-0.2, -0.15) is 0 Å². The van der Waals surface area contributed by atoms with Gasteiger partial charge in [-0.05, 0) is 114 Å². The lowest BCUT2D eigenvalue weighted by Gasteiger charge is -2.36. The van der Waals surface area contributed by atoms with Crippen molar-refractivity contribution in [3.05, 3.63) is 233 Å². The summed E-state index contributed by atoms with van der Waals surface area (Å²) in [5.74, 6) is 0. The van der Waals surface area contributed by atoms with E-state index in [1.807, 2.05) is 11.3 Å². The summed E-state index contributed by atoms with van der Waals surface area (Å²) in [5.41, 5.74) is 24.4. The van der Waals surface area contributed by atoms with Crippen molar-refractivity contribution < 1.29 is 0 Å². The average Bonchev–Trinajstić information content (AvgIpc) is 4.06. The third-order valence-corrected chi connectivity index (χ3v) is 16.7. The first-order valence-electron chi connectivity index (χ1n) is 22.3. The summed E-state index contributed by atoms with van der Waals surface area (Å²) in [6.07, 6.45) is 0. The Hall–Kier alpha value is -7.00. The van der Waals surface area contributed by atoms with Gasteiger partial charge in [-0.15, -0.1) is 11.3 Å². The summed E-state index contributed by atoms with van der Waals surface area (Å²) < 4.78 is 2.71. The summed E-state index contributed by atoms with van der Waals surface area (Å²) in [6, 6.07) is 72.0. The second-order valence-corrected chi connectivity index (χ2v) is 20.2. The molecule has 4 aliphatic carbocycles. The van der Waals surface area contributed by atoms with Crippen LogP contribution in [-0.4, -0.2) is 0 Å². The molecule has 0 saturated heterocycles. The van der Waals surface area contributed by atoms with Crippen LogP contribution in [0, 0.1) is 0 Å². The van der Waals surface area contributed by atoms with Crippen LogP contribution in [-0.2, 0) is 16.2 Å². The Morgan fingerprint density at radius 2 is 0.857 bits per heavy atom. The van der Waals surface area contributed by atoms with Crippen molar-refractivity contribution in [2.75, 3.05) is 4.90 Å². The molecule has 1 heterocycles. The van der Waals surface area contributed by atoms with E-state index in [2.05, 4.69) is 221 Å². The smallest absolute Gasteiger partial charge is 0.0746 e. The van der Waals surface area contributed by atoms with Crippen molar-refractivity contribution in [2.45, 2.75) is 43.9 Å². The number of hydrogen-bond acceptors (Lipinski definition) is 2. The number of thiophene rings is 1. The number of hydrogen-bond donors (Lipinski definition) is 0. The van der Waals surface area contributed by atoms with Crippen LogP contribution in [0.3, 0.4) is 0 Å². The molecule has 1 nitrogen and oxygen atoms in total. The molecule has 10 aromatic rings. The van der Waals surface area contributed by atoms with E-state index >= 15 is 0 Å². The third kappa shape index (κ3) is 4.33. The van der Waals surface area contributed by atoms with E-state index in [1.165, 1.54) is 126 Å². The second kappa shape index (κ2) is 12.1. The molecule has 0 aliphatic heterocycles. The van der Waals surface area contributed by atoms with E-state index in [4.69, 9.17) is 0 Å². The van der Waals surface area contributed by atoms with Gasteiger partial charge in [0.2, 0.25) is 0 Å². The second-order valence-electron chi connectivity index (χ2n) is 19.1. The Kier molecular flexibility index (Phi) is 6.85. The zero-order valence-corrected chi connectivity index (χ0v) is 36.6. The molecule has 1 spiro atoms. The molecule has 9 aromatic carbocycles. The van der Waals surface area contributed by atoms with Crippen LogP contribution < -0.4 is 4.90 Å². The summed E-state index contributed by atoms with van der Waals surface area (Å²) >= 11 is 1.94. The number of fused-ring (bicyclic) bond motifs is 20. The lowest BCUT2D eigenvalue weighted by molar-refractivity contribution is 0.660. The highest BCUT2D eigenvalue weighted by molar-refractivity contribution is 7.26. The molecule has 1 aromatic heterocycles. The van der Waals surface area contributed by atoms with Crippen LogP contribution in [0.2, 0.25) is 0 Å². The molecule has 1 unspecified atom stereocenters. The molecule has 63 heavy (non-hydrogen) atoms. The van der Waals surface area contributed by atoms with Gasteiger partial charge in [0.15, 0.2) is 0 Å². The largest absolute Gasteiger partial charge is 0.310 e. The van der Waals surface area contributed by atoms with Crippen molar-refractivity contribution in [3.63, 3.8) is 0 Å². The number of anilines is 3. The average molecular weight is 822 g/mol. The summed E-state index contributed by atoms with van der Waals surface area (Å²) in [7, 11) is 0. The van der Waals surface area contributed by atoms with Gasteiger partial charge >= 0.3 is 0 Å². The van der Waals surface area contributed by atoms with E-state index in [-0.39, 0.29) is 10.8 Å². The van der Waals surface area contributed by atoms with Gasteiger partial charge in [-0.25, -0.2) is 0 Å². The highest BCUT2D eigenvalue weighted by Crippen LogP contribution is 2.67. The van der Waals surface area contributed by atoms with Crippen molar-refractivity contribution in [1.29, 1.82) is 0 Å². The van der Waals surface area contributed by atoms with Crippen molar-refractivity contribution in [3.8, 4) is 44.5 Å². The highest BCUT2D eigenvalue weighted by atomic mass is 32.1. The predicted molar refractivity (Wildman–Crippen MR) is 265 cm³/mol. The van der Waals surface area contributed by atoms with E-state index in [9.17, 15) is 0 Å². The molecule has 0 bridgehead atoms. The fourth-order valence-corrected chi connectivity index (χ4v) is 14.0. The van der Waals surface area contributed by atoms with Crippen molar-refractivity contribution in [2.24, 2.45) is 0 Å². The van der Waals surface area contributed by atoms with E-state index in [0.717, 1.165) is 0 Å². The van der Waals surface area contributed by atoms with Crippen LogP contribution in [0.5, 0.6) is 0 Å². The quantitative estimate of drug-likeness (QED) is 0.172. The van der Waals surface area contributed by atoms with Crippen LogP contribution in [0.1, 0.15) is 72.2 Å². The van der Waals surface area contributed by atoms with Gasteiger partial charge in [-0.1, -0.05) is 179 Å². The normalized spacial score (nSPS) is 17.2. The van der Waals surface area contributed by atoms with Crippen LogP contribution in [0.4, 0.5) is 17.1 Å². The number of nitrogens with zero attached hydrogens (tertiary/aromatic N) is 1. The topological polar surface area (TPSA) is 3.24 Å². The lowest BCUT2D eigenvalue weighted by atomic mass is 9.70. The summed E-state index contributed by atoms with van der Waals surface area (Å²) in [4.78, 5) is 2.61. The van der Waals surface area contributed by atoms with Crippen molar-refractivity contribution in [1.82, 2.24) is 0 Å². The Bertz CT molecular complexity index is 3550. The molecule has 0 N–H and O–H groups in total. The minimum Gasteiger partial charge on any atom is -0.310 e. The SMILES string of the molecule is CC1(C)c2ccccc2-c2ccc(N(c3ccc4c(c3)C(C)(C)c3ccccc3-4)c3cccc4c3C3(c5ccccc5-4)c4ccccc4-c4c3ccc3c4sc4ccccc43)cc21. The first kappa shape index (κ1) is 35.6. The predicted octanol–water partition coefficient (Wildman–Crippen LogP) is 16.5. The minimum absolute atomic E-state index is 0.149. The Balaban J connectivity index is 1.09. The molecule has 2 heteroatoms. The van der Waals surface area contributed by atoms with Crippen LogP contribution >= 0.6 is 11.3 Å². The van der Waals surface area contributed by atoms with Gasteiger partial charge in [0.1, 0.15) is 0 Å². The highest BCUT2D eigenvalue weighted by Gasteiger charge is 2.54. The molecular weight excluding hydrogens is 779 g/mol. The van der Waals surface area contributed by atoms with Gasteiger partial charge < -0.3 is 4.90 Å². The maximum Gasteiger partial charge on any atom is 0.0746 e. The van der Waals surface area contributed by atoms with Gasteiger partial charge in [0, 0.05) is 53.5 Å². The van der Waals surface area contributed by atoms with E-state index in [0.29, 0.717) is 0 Å². The van der Waals surface area contributed by atoms with Gasteiger partial charge in [0.25, 0.3) is 0 Å². The molecule has 298 valence electrons. The number of benzene rings is 9. The zero-order chi connectivity index (χ0) is 42.0. The minimum atomic E-state index is -0.546. The van der Waals surface area contributed by atoms with Gasteiger partial charge in [-0.3, -0.25) is 0 Å². The van der Waals surface area contributed by atoms with E-state index in [1.54, 1.807) is 0 Å². The third-order valence-electron chi connectivity index (χ3n) is 15.5. The molecule has 0 fully saturated rings. The lowest BCUT2D eigenvalue weighted by Crippen LogP contribution is -2.28. The number of rotatable bonds is 3. The molecule has 0 radical (unpaired) electrons. The molecule has 14 rings (SSSR count). The van der Waals surface area contributed by atoms with Gasteiger partial charge in [0.05, 0.1) is 11.1 Å². The van der Waals surface area contributed by atoms with Crippen LogP contribution in [0.25, 0.3) is 64.7 Å². The first-order valence-corrected chi connectivity index (χ1v) is 23.2. The maximum absolute atomic E-state index is 2.61. The Morgan fingerprint density at radius 1 is 0.365 bits per heavy atom. The monoisotopic (exact) mass is 821 g/mol. The van der Waals surface area contributed by atoms with Crippen LogP contribution in [0.15, 0.2) is 188 Å². The zero-order valence-electron chi connectivity index (χ0n) is 35.8. The fraction of sp³-hybridized carbons (Fsp3) is 0.115. The Morgan fingerprint density at radius 3 is 1.49 bits per heavy atom. The molecule has 0 saturated carbocycles. The van der Waals surface area contributed by atoms with E-state index < -0.39 is 5.41 Å². The standard InChI is InChI=1S/C61H43NS/c1-59(2)47-22-10-5-16-38(47)41-30-28-36(34-52(41)59)62(37-29-31-42-39-17-6-11-23-48(39)60(3,4)53(42)35-37)54-26-15-21-44-40-18-7-12-24-49(40)61(57(44)54)50-25-13-8-20-46(50)56-51(61)33-32-45-43-19-9-14-27-55(43)63-58(45)56/h5-35H,1-4H3. The summed E-state index contributed by atoms with van der Waals surface area (Å²) in [5, 5.41) is 2.67. The molecule has 4 aliphatic rings.